The Balaban J connectivity index is 1.47. The molecular weight excluding hydrogens is 395 g/mol. The van der Waals surface area contributed by atoms with Crippen molar-refractivity contribution >= 4 is 34.4 Å². The molecule has 0 spiro atoms. The Hall–Kier alpha value is -2.99. The van der Waals surface area contributed by atoms with Crippen LogP contribution in [-0.4, -0.2) is 34.4 Å². The van der Waals surface area contributed by atoms with Crippen molar-refractivity contribution in [2.45, 2.75) is 25.4 Å². The minimum atomic E-state index is -0.652. The largest absolute Gasteiger partial charge is 0.452 e. The minimum Gasteiger partial charge on any atom is -0.452 e. The Morgan fingerprint density at radius 3 is 2.62 bits per heavy atom. The van der Waals surface area contributed by atoms with E-state index in [2.05, 4.69) is 4.98 Å². The van der Waals surface area contributed by atoms with Gasteiger partial charge in [-0.05, 0) is 31.0 Å². The number of pyridine rings is 1. The van der Waals surface area contributed by atoms with Crippen molar-refractivity contribution in [1.82, 2.24) is 9.88 Å². The minimum absolute atomic E-state index is 0.0528. The molecule has 0 unspecified atom stereocenters. The van der Waals surface area contributed by atoms with E-state index in [1.807, 2.05) is 0 Å². The van der Waals surface area contributed by atoms with Gasteiger partial charge in [-0.15, -0.1) is 0 Å². The van der Waals surface area contributed by atoms with E-state index in [-0.39, 0.29) is 35.0 Å². The van der Waals surface area contributed by atoms with E-state index in [1.165, 1.54) is 12.1 Å². The van der Waals surface area contributed by atoms with Crippen molar-refractivity contribution in [2.24, 2.45) is 0 Å². The van der Waals surface area contributed by atoms with Gasteiger partial charge in [0.15, 0.2) is 6.61 Å². The summed E-state index contributed by atoms with van der Waals surface area (Å²) in [6.07, 6.45) is 1.72. The number of benzene rings is 2. The van der Waals surface area contributed by atoms with Crippen molar-refractivity contribution in [1.29, 1.82) is 0 Å². The lowest BCUT2D eigenvalue weighted by atomic mass is 10.1. The molecule has 29 heavy (non-hydrogen) atoms. The fourth-order valence-electron chi connectivity index (χ4n) is 3.22. The van der Waals surface area contributed by atoms with Crippen molar-refractivity contribution in [3.63, 3.8) is 0 Å². The topological polar surface area (TPSA) is 59.5 Å². The van der Waals surface area contributed by atoms with E-state index in [9.17, 15) is 14.0 Å². The predicted octanol–water partition coefficient (Wildman–Crippen LogP) is 4.38. The number of fused-ring (bicyclic) bond motifs is 1. The zero-order valence-corrected chi connectivity index (χ0v) is 16.2. The molecule has 148 valence electrons. The summed E-state index contributed by atoms with van der Waals surface area (Å²) in [6, 6.07) is 14.9. The van der Waals surface area contributed by atoms with Gasteiger partial charge in [0.25, 0.3) is 5.91 Å². The fraction of sp³-hybridized carbons (Fsp3) is 0.227. The normalized spacial score (nSPS) is 13.3. The monoisotopic (exact) mass is 412 g/mol. The van der Waals surface area contributed by atoms with Crippen LogP contribution < -0.4 is 0 Å². The molecule has 1 aromatic heterocycles. The molecule has 0 atom stereocenters. The maximum absolute atomic E-state index is 14.0. The maximum atomic E-state index is 14.0. The van der Waals surface area contributed by atoms with Crippen LogP contribution in [0.2, 0.25) is 5.15 Å². The average molecular weight is 413 g/mol. The number of nitrogens with zero attached hydrogens (tertiary/aromatic N) is 2. The van der Waals surface area contributed by atoms with Gasteiger partial charge in [0.2, 0.25) is 0 Å². The van der Waals surface area contributed by atoms with Crippen LogP contribution in [0, 0.1) is 5.82 Å². The summed E-state index contributed by atoms with van der Waals surface area (Å²) in [5.41, 5.74) is 1.25. The number of hydrogen-bond donors (Lipinski definition) is 0. The van der Waals surface area contributed by atoms with Gasteiger partial charge in [-0.3, -0.25) is 4.79 Å². The first kappa shape index (κ1) is 19.3. The SMILES string of the molecule is O=C(OCC(=O)N(Cc1ccccc1F)C1CC1)c1cc(Cl)nc2ccccc12. The molecule has 0 radical (unpaired) electrons. The van der Waals surface area contributed by atoms with Gasteiger partial charge in [-0.25, -0.2) is 14.2 Å². The van der Waals surface area contributed by atoms with Crippen LogP contribution in [-0.2, 0) is 16.1 Å². The number of halogens is 2. The van der Waals surface area contributed by atoms with Crippen molar-refractivity contribution in [2.75, 3.05) is 6.61 Å². The number of ether oxygens (including phenoxy) is 1. The van der Waals surface area contributed by atoms with Crippen LogP contribution in [0.3, 0.4) is 0 Å². The second kappa shape index (κ2) is 8.17. The maximum Gasteiger partial charge on any atom is 0.339 e. The lowest BCUT2D eigenvalue weighted by Gasteiger charge is -2.22. The molecule has 0 N–H and O–H groups in total. The molecule has 3 aromatic rings. The third kappa shape index (κ3) is 4.38. The number of hydrogen-bond acceptors (Lipinski definition) is 4. The summed E-state index contributed by atoms with van der Waals surface area (Å²) in [7, 11) is 0. The summed E-state index contributed by atoms with van der Waals surface area (Å²) >= 11 is 6.01. The van der Waals surface area contributed by atoms with Gasteiger partial charge >= 0.3 is 5.97 Å². The van der Waals surface area contributed by atoms with Crippen molar-refractivity contribution in [3.05, 3.63) is 76.7 Å². The fourth-order valence-corrected chi connectivity index (χ4v) is 3.42. The summed E-state index contributed by atoms with van der Waals surface area (Å²) in [6.45, 7) is -0.268. The Morgan fingerprint density at radius 2 is 1.86 bits per heavy atom. The second-order valence-electron chi connectivity index (χ2n) is 6.93. The van der Waals surface area contributed by atoms with E-state index in [0.717, 1.165) is 12.8 Å². The number of amides is 1. The molecule has 0 saturated heterocycles. The number of carbonyl (C=O) groups is 2. The van der Waals surface area contributed by atoms with E-state index in [1.54, 1.807) is 47.4 Å². The third-order valence-corrected chi connectivity index (χ3v) is 5.03. The molecule has 4 rings (SSSR count). The number of esters is 1. The number of rotatable bonds is 6. The lowest BCUT2D eigenvalue weighted by Crippen LogP contribution is -2.36. The Bertz CT molecular complexity index is 1080. The molecule has 1 aliphatic rings. The van der Waals surface area contributed by atoms with Crippen LogP contribution in [0.15, 0.2) is 54.6 Å². The first-order valence-electron chi connectivity index (χ1n) is 9.28. The molecule has 0 aliphatic heterocycles. The average Bonchev–Trinajstić information content (AvgIpc) is 3.55. The van der Waals surface area contributed by atoms with E-state index < -0.39 is 12.6 Å². The quantitative estimate of drug-likeness (QED) is 0.445. The molecule has 1 amide bonds. The van der Waals surface area contributed by atoms with E-state index in [4.69, 9.17) is 16.3 Å². The first-order chi connectivity index (χ1) is 14.0. The Kier molecular flexibility index (Phi) is 5.45. The molecule has 0 bridgehead atoms. The molecule has 5 nitrogen and oxygen atoms in total. The molecule has 7 heteroatoms. The Morgan fingerprint density at radius 1 is 1.14 bits per heavy atom. The zero-order chi connectivity index (χ0) is 20.4. The molecule has 1 aliphatic carbocycles. The van der Waals surface area contributed by atoms with Crippen LogP contribution in [0.25, 0.3) is 10.9 Å². The van der Waals surface area contributed by atoms with Crippen molar-refractivity contribution in [3.8, 4) is 0 Å². The van der Waals surface area contributed by atoms with Crippen molar-refractivity contribution < 1.29 is 18.7 Å². The van der Waals surface area contributed by atoms with Crippen LogP contribution in [0.1, 0.15) is 28.8 Å². The molecular formula is C22H18ClFN2O3. The van der Waals surface area contributed by atoms with Gasteiger partial charge < -0.3 is 9.64 Å². The highest BCUT2D eigenvalue weighted by atomic mass is 35.5. The first-order valence-corrected chi connectivity index (χ1v) is 9.66. The van der Waals surface area contributed by atoms with Crippen LogP contribution >= 0.6 is 11.6 Å². The summed E-state index contributed by atoms with van der Waals surface area (Å²) in [5.74, 6) is -1.37. The molecule has 1 heterocycles. The molecule has 2 aromatic carbocycles. The standard InChI is InChI=1S/C22H18ClFN2O3/c23-20-11-17(16-6-2-4-8-19(16)25-20)22(28)29-13-21(27)26(15-9-10-15)12-14-5-1-3-7-18(14)24/h1-8,11,15H,9-10,12-13H2. The zero-order valence-electron chi connectivity index (χ0n) is 15.5. The highest BCUT2D eigenvalue weighted by Crippen LogP contribution is 2.29. The summed E-state index contributed by atoms with van der Waals surface area (Å²) in [4.78, 5) is 31.0. The highest BCUT2D eigenvalue weighted by Gasteiger charge is 2.33. The van der Waals surface area contributed by atoms with Gasteiger partial charge in [-0.1, -0.05) is 48.0 Å². The lowest BCUT2D eigenvalue weighted by molar-refractivity contribution is -0.135. The third-order valence-electron chi connectivity index (χ3n) is 4.84. The molecule has 1 fully saturated rings. The van der Waals surface area contributed by atoms with Crippen LogP contribution in [0.5, 0.6) is 0 Å². The number of carbonyl (C=O) groups excluding carboxylic acids is 2. The number of para-hydroxylation sites is 1. The summed E-state index contributed by atoms with van der Waals surface area (Å²) < 4.78 is 19.2. The van der Waals surface area contributed by atoms with Gasteiger partial charge in [-0.2, -0.15) is 0 Å². The smallest absolute Gasteiger partial charge is 0.339 e. The molecule has 1 saturated carbocycles. The summed E-state index contributed by atoms with van der Waals surface area (Å²) in [5, 5.41) is 0.765. The predicted molar refractivity (Wildman–Crippen MR) is 107 cm³/mol. The van der Waals surface area contributed by atoms with Gasteiger partial charge in [0.05, 0.1) is 11.1 Å². The van der Waals surface area contributed by atoms with Gasteiger partial charge in [0, 0.05) is 23.5 Å². The Labute approximate surface area is 172 Å². The van der Waals surface area contributed by atoms with Gasteiger partial charge in [0.1, 0.15) is 11.0 Å². The highest BCUT2D eigenvalue weighted by molar-refractivity contribution is 6.30. The number of aromatic nitrogens is 1. The van der Waals surface area contributed by atoms with E-state index >= 15 is 0 Å². The van der Waals surface area contributed by atoms with E-state index in [0.29, 0.717) is 16.5 Å². The second-order valence-corrected chi connectivity index (χ2v) is 7.32. The van der Waals surface area contributed by atoms with Crippen LogP contribution in [0.4, 0.5) is 4.39 Å².